The van der Waals surface area contributed by atoms with E-state index in [4.69, 9.17) is 5.73 Å². The molecule has 1 aromatic rings. The van der Waals surface area contributed by atoms with Gasteiger partial charge in [-0.25, -0.2) is 4.98 Å². The van der Waals surface area contributed by atoms with Crippen LogP contribution in [-0.4, -0.2) is 36.1 Å². The molecule has 0 radical (unpaired) electrons. The summed E-state index contributed by atoms with van der Waals surface area (Å²) >= 11 is 0. The third kappa shape index (κ3) is 2.14. The molecule has 1 aliphatic rings. The van der Waals surface area contributed by atoms with Crippen LogP contribution in [0.3, 0.4) is 0 Å². The number of rotatable bonds is 2. The van der Waals surface area contributed by atoms with E-state index in [0.29, 0.717) is 6.04 Å². The molecule has 76 valence electrons. The lowest BCUT2D eigenvalue weighted by molar-refractivity contribution is 0.414. The van der Waals surface area contributed by atoms with Crippen molar-refractivity contribution in [1.29, 1.82) is 0 Å². The molecule has 1 fully saturated rings. The first-order valence-electron chi connectivity index (χ1n) is 4.90. The topological polar surface area (TPSA) is 54.2 Å². The molecule has 3 N–H and O–H groups in total. The molecule has 4 nitrogen and oxygen atoms in total. The normalized spacial score (nSPS) is 22.5. The van der Waals surface area contributed by atoms with Crippen LogP contribution in [0.5, 0.6) is 0 Å². The largest absolute Gasteiger partial charge is 0.399 e. The highest BCUT2D eigenvalue weighted by Crippen LogP contribution is 2.14. The molecule has 1 atom stereocenters. The molecule has 0 spiro atoms. The minimum Gasteiger partial charge on any atom is -0.399 e. The van der Waals surface area contributed by atoms with Crippen LogP contribution in [0.2, 0.25) is 0 Å². The summed E-state index contributed by atoms with van der Waals surface area (Å²) < 4.78 is 0. The number of nitrogen functional groups attached to an aromatic ring is 1. The lowest BCUT2D eigenvalue weighted by Crippen LogP contribution is -2.23. The van der Waals surface area contributed by atoms with Crippen molar-refractivity contribution in [2.45, 2.75) is 12.5 Å². The predicted octanol–water partition coefficient (Wildman–Crippen LogP) is 0.780. The van der Waals surface area contributed by atoms with Crippen molar-refractivity contribution in [2.24, 2.45) is 0 Å². The maximum Gasteiger partial charge on any atom is 0.128 e. The Morgan fingerprint density at radius 2 is 2.50 bits per heavy atom. The molecule has 2 heterocycles. The predicted molar refractivity (Wildman–Crippen MR) is 58.2 cm³/mol. The zero-order valence-electron chi connectivity index (χ0n) is 8.40. The Balaban J connectivity index is 1.97. The van der Waals surface area contributed by atoms with E-state index in [1.165, 1.54) is 6.42 Å². The van der Waals surface area contributed by atoms with Gasteiger partial charge < -0.3 is 16.0 Å². The standard InChI is InChI=1S/C10H16N4/c1-14-5-3-9(7-14)13-10-6-8(11)2-4-12-10/h2,4,6,9H,3,5,7H2,1H3,(H3,11,12,13). The van der Waals surface area contributed by atoms with E-state index in [9.17, 15) is 0 Å². The molecule has 0 aromatic carbocycles. The van der Waals surface area contributed by atoms with Crippen LogP contribution in [0.1, 0.15) is 6.42 Å². The molecule has 0 bridgehead atoms. The Kier molecular flexibility index (Phi) is 2.54. The van der Waals surface area contributed by atoms with Gasteiger partial charge in [-0.05, 0) is 26.1 Å². The van der Waals surface area contributed by atoms with Gasteiger partial charge >= 0.3 is 0 Å². The van der Waals surface area contributed by atoms with Crippen molar-refractivity contribution in [2.75, 3.05) is 31.2 Å². The van der Waals surface area contributed by atoms with Gasteiger partial charge in [0.1, 0.15) is 5.82 Å². The maximum atomic E-state index is 5.67. The third-order valence-corrected chi connectivity index (χ3v) is 2.53. The van der Waals surface area contributed by atoms with Gasteiger partial charge in [-0.3, -0.25) is 0 Å². The van der Waals surface area contributed by atoms with Gasteiger partial charge in [-0.15, -0.1) is 0 Å². The van der Waals surface area contributed by atoms with Crippen molar-refractivity contribution in [3.63, 3.8) is 0 Å². The van der Waals surface area contributed by atoms with E-state index in [1.807, 2.05) is 6.07 Å². The molecule has 1 unspecified atom stereocenters. The Morgan fingerprint density at radius 3 is 3.14 bits per heavy atom. The summed E-state index contributed by atoms with van der Waals surface area (Å²) in [6, 6.07) is 4.18. The molecule has 0 amide bonds. The minimum atomic E-state index is 0.509. The highest BCUT2D eigenvalue weighted by molar-refractivity contribution is 5.48. The summed E-state index contributed by atoms with van der Waals surface area (Å²) in [5.74, 6) is 0.880. The molecule has 1 aliphatic heterocycles. The molecular weight excluding hydrogens is 176 g/mol. The number of nitrogens with one attached hydrogen (secondary N) is 1. The van der Waals surface area contributed by atoms with Gasteiger partial charge in [-0.2, -0.15) is 0 Å². The lowest BCUT2D eigenvalue weighted by Gasteiger charge is -2.13. The first kappa shape index (κ1) is 9.27. The second-order valence-corrected chi connectivity index (χ2v) is 3.87. The van der Waals surface area contributed by atoms with E-state index in [2.05, 4.69) is 22.2 Å². The number of aromatic nitrogens is 1. The fourth-order valence-corrected chi connectivity index (χ4v) is 1.79. The molecule has 0 aliphatic carbocycles. The van der Waals surface area contributed by atoms with Crippen LogP contribution in [0, 0.1) is 0 Å². The van der Waals surface area contributed by atoms with Crippen LogP contribution in [0.15, 0.2) is 18.3 Å². The molecular formula is C10H16N4. The summed E-state index contributed by atoms with van der Waals surface area (Å²) in [5.41, 5.74) is 6.43. The fourth-order valence-electron chi connectivity index (χ4n) is 1.79. The van der Waals surface area contributed by atoms with Crippen LogP contribution >= 0.6 is 0 Å². The molecule has 14 heavy (non-hydrogen) atoms. The van der Waals surface area contributed by atoms with Gasteiger partial charge in [0.2, 0.25) is 0 Å². The van der Waals surface area contributed by atoms with Crippen LogP contribution in [-0.2, 0) is 0 Å². The van der Waals surface area contributed by atoms with Gasteiger partial charge in [-0.1, -0.05) is 0 Å². The van der Waals surface area contributed by atoms with E-state index in [1.54, 1.807) is 12.3 Å². The van der Waals surface area contributed by atoms with Gasteiger partial charge in [0.05, 0.1) is 0 Å². The average molecular weight is 192 g/mol. The van der Waals surface area contributed by atoms with Crippen molar-refractivity contribution < 1.29 is 0 Å². The Labute approximate surface area is 84.1 Å². The van der Waals surface area contributed by atoms with E-state index in [0.717, 1.165) is 24.6 Å². The van der Waals surface area contributed by atoms with E-state index < -0.39 is 0 Å². The van der Waals surface area contributed by atoms with Crippen molar-refractivity contribution in [3.05, 3.63) is 18.3 Å². The second kappa shape index (κ2) is 3.84. The zero-order valence-corrected chi connectivity index (χ0v) is 8.40. The summed E-state index contributed by atoms with van der Waals surface area (Å²) in [4.78, 5) is 6.53. The Hall–Kier alpha value is -1.29. The molecule has 4 heteroatoms. The van der Waals surface area contributed by atoms with Crippen molar-refractivity contribution in [1.82, 2.24) is 9.88 Å². The number of hydrogen-bond donors (Lipinski definition) is 2. The number of nitrogens with two attached hydrogens (primary N) is 1. The van der Waals surface area contributed by atoms with Gasteiger partial charge in [0, 0.05) is 30.5 Å². The number of nitrogens with zero attached hydrogens (tertiary/aromatic N) is 2. The summed E-state index contributed by atoms with van der Waals surface area (Å²) in [6.07, 6.45) is 2.91. The summed E-state index contributed by atoms with van der Waals surface area (Å²) in [7, 11) is 2.13. The molecule has 2 rings (SSSR count). The van der Waals surface area contributed by atoms with Gasteiger partial charge in [0.25, 0.3) is 0 Å². The highest BCUT2D eigenvalue weighted by Gasteiger charge is 2.19. The zero-order chi connectivity index (χ0) is 9.97. The SMILES string of the molecule is CN1CCC(Nc2cc(N)ccn2)C1. The molecule has 0 saturated carbocycles. The second-order valence-electron chi connectivity index (χ2n) is 3.87. The Bertz CT molecular complexity index is 313. The van der Waals surface area contributed by atoms with Crippen molar-refractivity contribution in [3.8, 4) is 0 Å². The third-order valence-electron chi connectivity index (χ3n) is 2.53. The van der Waals surface area contributed by atoms with Crippen LogP contribution < -0.4 is 11.1 Å². The molecule has 1 saturated heterocycles. The molecule has 1 aromatic heterocycles. The summed E-state index contributed by atoms with van der Waals surface area (Å²) in [5, 5.41) is 3.38. The van der Waals surface area contributed by atoms with Crippen LogP contribution in [0.25, 0.3) is 0 Å². The monoisotopic (exact) mass is 192 g/mol. The first-order chi connectivity index (χ1) is 6.74. The maximum absolute atomic E-state index is 5.67. The lowest BCUT2D eigenvalue weighted by atomic mass is 10.2. The van der Waals surface area contributed by atoms with Crippen molar-refractivity contribution >= 4 is 11.5 Å². The smallest absolute Gasteiger partial charge is 0.128 e. The number of hydrogen-bond acceptors (Lipinski definition) is 4. The highest BCUT2D eigenvalue weighted by atomic mass is 15.2. The number of pyridine rings is 1. The van der Waals surface area contributed by atoms with E-state index in [-0.39, 0.29) is 0 Å². The average Bonchev–Trinajstić information content (AvgIpc) is 2.51. The number of anilines is 2. The fraction of sp³-hybridized carbons (Fsp3) is 0.500. The quantitative estimate of drug-likeness (QED) is 0.727. The first-order valence-corrected chi connectivity index (χ1v) is 4.90. The summed E-state index contributed by atoms with van der Waals surface area (Å²) in [6.45, 7) is 2.23. The Morgan fingerprint density at radius 1 is 1.64 bits per heavy atom. The minimum absolute atomic E-state index is 0.509. The van der Waals surface area contributed by atoms with Gasteiger partial charge in [0.15, 0.2) is 0 Å². The number of likely N-dealkylation sites (tertiary alicyclic amines) is 1. The van der Waals surface area contributed by atoms with Crippen LogP contribution in [0.4, 0.5) is 11.5 Å². The van der Waals surface area contributed by atoms with E-state index >= 15 is 0 Å². The number of likely N-dealkylation sites (N-methyl/N-ethyl adjacent to an activating group) is 1.